The predicted molar refractivity (Wildman–Crippen MR) is 65.3 cm³/mol. The summed E-state index contributed by atoms with van der Waals surface area (Å²) in [6, 6.07) is 1.20. The summed E-state index contributed by atoms with van der Waals surface area (Å²) in [5.41, 5.74) is 0.296. The molecule has 0 saturated carbocycles. The van der Waals surface area contributed by atoms with Crippen LogP contribution in [0.2, 0.25) is 0 Å². The number of nitrogens with one attached hydrogen (secondary N) is 1. The summed E-state index contributed by atoms with van der Waals surface area (Å²) in [4.78, 5) is 0. The van der Waals surface area contributed by atoms with Crippen LogP contribution in [0.15, 0.2) is 16.5 Å². The van der Waals surface area contributed by atoms with Gasteiger partial charge in [0.2, 0.25) is 11.8 Å². The van der Waals surface area contributed by atoms with Gasteiger partial charge >= 0.3 is 0 Å². The number of aromatic nitrogens is 2. The Labute approximate surface area is 114 Å². The molecule has 0 unspecified atom stereocenters. The molecule has 4 nitrogen and oxygen atoms in total. The van der Waals surface area contributed by atoms with Crippen molar-refractivity contribution < 1.29 is 17.6 Å². The number of benzene rings is 1. The van der Waals surface area contributed by atoms with Crippen molar-refractivity contribution in [3.05, 3.63) is 46.9 Å². The number of halogens is 3. The highest BCUT2D eigenvalue weighted by Crippen LogP contribution is 2.22. The van der Waals surface area contributed by atoms with Gasteiger partial charge in [0.1, 0.15) is 0 Å². The topological polar surface area (TPSA) is 51.0 Å². The van der Waals surface area contributed by atoms with Gasteiger partial charge in [0, 0.05) is 13.0 Å². The third kappa shape index (κ3) is 2.98. The second kappa shape index (κ2) is 5.62. The average Bonchev–Trinajstić information content (AvgIpc) is 2.82. The third-order valence-corrected chi connectivity index (χ3v) is 2.92. The Morgan fingerprint density at radius 1 is 1.05 bits per heavy atom. The molecule has 2 atom stereocenters. The Hall–Kier alpha value is -1.89. The fourth-order valence-electron chi connectivity index (χ4n) is 1.85. The van der Waals surface area contributed by atoms with Crippen molar-refractivity contribution in [3.63, 3.8) is 0 Å². The van der Waals surface area contributed by atoms with E-state index < -0.39 is 23.5 Å². The van der Waals surface area contributed by atoms with E-state index in [2.05, 4.69) is 15.5 Å². The molecule has 108 valence electrons. The van der Waals surface area contributed by atoms with E-state index in [1.165, 1.54) is 0 Å². The van der Waals surface area contributed by atoms with Gasteiger partial charge in [0.05, 0.1) is 6.04 Å². The van der Waals surface area contributed by atoms with Gasteiger partial charge in [0.15, 0.2) is 17.5 Å². The third-order valence-electron chi connectivity index (χ3n) is 2.92. The molecule has 0 saturated heterocycles. The number of hydrogen-bond donors (Lipinski definition) is 1. The van der Waals surface area contributed by atoms with E-state index in [1.54, 1.807) is 20.8 Å². The Kier molecular flexibility index (Phi) is 4.08. The molecule has 20 heavy (non-hydrogen) atoms. The molecule has 1 heterocycles. The monoisotopic (exact) mass is 285 g/mol. The van der Waals surface area contributed by atoms with Crippen LogP contribution in [0.1, 0.15) is 43.3 Å². The van der Waals surface area contributed by atoms with Crippen molar-refractivity contribution in [2.45, 2.75) is 32.9 Å². The minimum atomic E-state index is -1.47. The lowest BCUT2D eigenvalue weighted by atomic mass is 10.1. The number of nitrogens with zero attached hydrogens (tertiary/aromatic N) is 2. The summed E-state index contributed by atoms with van der Waals surface area (Å²) in [6.45, 7) is 5.14. The Balaban J connectivity index is 2.14. The number of aryl methyl sites for hydroxylation is 1. The lowest BCUT2D eigenvalue weighted by Crippen LogP contribution is -2.23. The van der Waals surface area contributed by atoms with Crippen LogP contribution < -0.4 is 5.32 Å². The van der Waals surface area contributed by atoms with Gasteiger partial charge in [-0.3, -0.25) is 5.32 Å². The quantitative estimate of drug-likeness (QED) is 0.876. The molecule has 0 aliphatic heterocycles. The fourth-order valence-corrected chi connectivity index (χ4v) is 1.85. The van der Waals surface area contributed by atoms with E-state index in [1.807, 2.05) is 0 Å². The van der Waals surface area contributed by atoms with Gasteiger partial charge in [-0.05, 0) is 31.5 Å². The highest BCUT2D eigenvalue weighted by atomic mass is 19.2. The van der Waals surface area contributed by atoms with Crippen molar-refractivity contribution >= 4 is 0 Å². The summed E-state index contributed by atoms with van der Waals surface area (Å²) >= 11 is 0. The van der Waals surface area contributed by atoms with E-state index in [0.29, 0.717) is 17.3 Å². The molecule has 2 aromatic rings. The lowest BCUT2D eigenvalue weighted by molar-refractivity contribution is 0.377. The normalized spacial score (nSPS) is 14.3. The van der Waals surface area contributed by atoms with Crippen molar-refractivity contribution in [3.8, 4) is 0 Å². The van der Waals surface area contributed by atoms with Crippen LogP contribution in [0.25, 0.3) is 0 Å². The highest BCUT2D eigenvalue weighted by Gasteiger charge is 2.18. The Morgan fingerprint density at radius 2 is 1.65 bits per heavy atom. The number of hydrogen-bond acceptors (Lipinski definition) is 4. The van der Waals surface area contributed by atoms with Crippen molar-refractivity contribution in [2.24, 2.45) is 0 Å². The van der Waals surface area contributed by atoms with Crippen molar-refractivity contribution in [1.29, 1.82) is 0 Å². The molecule has 0 amide bonds. The molecule has 0 aliphatic carbocycles. The first-order chi connectivity index (χ1) is 9.38. The van der Waals surface area contributed by atoms with Gasteiger partial charge < -0.3 is 4.42 Å². The summed E-state index contributed by atoms with van der Waals surface area (Å²) in [5.74, 6) is -3.09. The second-order valence-electron chi connectivity index (χ2n) is 4.57. The molecule has 0 radical (unpaired) electrons. The van der Waals surface area contributed by atoms with Crippen LogP contribution in [0.3, 0.4) is 0 Å². The minimum Gasteiger partial charge on any atom is -0.424 e. The van der Waals surface area contributed by atoms with Gasteiger partial charge in [-0.15, -0.1) is 10.2 Å². The zero-order chi connectivity index (χ0) is 14.9. The molecule has 0 bridgehead atoms. The van der Waals surface area contributed by atoms with E-state index in [4.69, 9.17) is 4.42 Å². The first kappa shape index (κ1) is 14.5. The SMILES string of the molecule is Cc1nnc([C@@H](C)N[C@H](C)c2cc(F)c(F)c(F)c2)o1. The molecule has 1 N–H and O–H groups in total. The first-order valence-corrected chi connectivity index (χ1v) is 6.09. The molecule has 0 aliphatic rings. The summed E-state index contributed by atoms with van der Waals surface area (Å²) < 4.78 is 44.5. The van der Waals surface area contributed by atoms with Gasteiger partial charge in [-0.25, -0.2) is 13.2 Å². The van der Waals surface area contributed by atoms with Crippen LogP contribution in [0.5, 0.6) is 0 Å². The van der Waals surface area contributed by atoms with E-state index >= 15 is 0 Å². The summed E-state index contributed by atoms with van der Waals surface area (Å²) in [5, 5.41) is 10.6. The van der Waals surface area contributed by atoms with Crippen molar-refractivity contribution in [2.75, 3.05) is 0 Å². The molecule has 0 fully saturated rings. The van der Waals surface area contributed by atoms with Crippen molar-refractivity contribution in [1.82, 2.24) is 15.5 Å². The van der Waals surface area contributed by atoms with Crippen LogP contribution in [0.4, 0.5) is 13.2 Å². The summed E-state index contributed by atoms with van der Waals surface area (Å²) in [6.07, 6.45) is 0. The van der Waals surface area contributed by atoms with Gasteiger partial charge in [0.25, 0.3) is 0 Å². The molecular weight excluding hydrogens is 271 g/mol. The first-order valence-electron chi connectivity index (χ1n) is 6.09. The maximum absolute atomic E-state index is 13.2. The fraction of sp³-hybridized carbons (Fsp3) is 0.385. The Morgan fingerprint density at radius 3 is 2.15 bits per heavy atom. The van der Waals surface area contributed by atoms with Gasteiger partial charge in [-0.1, -0.05) is 0 Å². The molecule has 0 spiro atoms. The highest BCUT2D eigenvalue weighted by molar-refractivity contribution is 5.22. The molecule has 1 aromatic heterocycles. The maximum Gasteiger partial charge on any atom is 0.233 e. The number of rotatable bonds is 4. The molecule has 1 aromatic carbocycles. The second-order valence-corrected chi connectivity index (χ2v) is 4.57. The Bertz CT molecular complexity index is 592. The lowest BCUT2D eigenvalue weighted by Gasteiger charge is -2.18. The standard InChI is InChI=1S/C13H14F3N3O/c1-6(9-4-10(14)12(16)11(15)5-9)17-7(2)13-19-18-8(3)20-13/h4-7,17H,1-3H3/t6-,7-/m1/s1. The zero-order valence-electron chi connectivity index (χ0n) is 11.2. The molecule has 7 heteroatoms. The average molecular weight is 285 g/mol. The smallest absolute Gasteiger partial charge is 0.233 e. The predicted octanol–water partition coefficient (Wildman–Crippen LogP) is 3.21. The van der Waals surface area contributed by atoms with Crippen LogP contribution in [-0.2, 0) is 0 Å². The van der Waals surface area contributed by atoms with Crippen LogP contribution in [-0.4, -0.2) is 10.2 Å². The van der Waals surface area contributed by atoms with Crippen LogP contribution in [0, 0.1) is 24.4 Å². The zero-order valence-corrected chi connectivity index (χ0v) is 11.2. The van der Waals surface area contributed by atoms with E-state index in [0.717, 1.165) is 12.1 Å². The maximum atomic E-state index is 13.2. The summed E-state index contributed by atoms with van der Waals surface area (Å²) in [7, 11) is 0. The van der Waals surface area contributed by atoms with Crippen LogP contribution >= 0.6 is 0 Å². The van der Waals surface area contributed by atoms with E-state index in [-0.39, 0.29) is 6.04 Å². The largest absolute Gasteiger partial charge is 0.424 e. The van der Waals surface area contributed by atoms with E-state index in [9.17, 15) is 13.2 Å². The molecule has 2 rings (SSSR count). The molecular formula is C13H14F3N3O. The van der Waals surface area contributed by atoms with Gasteiger partial charge in [-0.2, -0.15) is 0 Å². The minimum absolute atomic E-state index is 0.296.